The zero-order chi connectivity index (χ0) is 26.5. The van der Waals surface area contributed by atoms with Gasteiger partial charge >= 0.3 is 18.1 Å². The van der Waals surface area contributed by atoms with Crippen LogP contribution in [-0.4, -0.2) is 53.3 Å². The number of aromatic hydroxyl groups is 1. The fraction of sp³-hybridized carbons (Fsp3) is 0.150. The molecule has 0 aliphatic heterocycles. The van der Waals surface area contributed by atoms with Gasteiger partial charge in [0.05, 0.1) is 21.9 Å². The number of rotatable bonds is 6. The molecular formula is C20H15ClF3N3O7S. The number of carbonyl (C=O) groups is 3. The lowest BCUT2D eigenvalue weighted by molar-refractivity contribution is -0.167. The molecular weight excluding hydrogens is 519 g/mol. The van der Waals surface area contributed by atoms with Crippen molar-refractivity contribution in [2.45, 2.75) is 18.0 Å². The Balaban J connectivity index is 2.65. The van der Waals surface area contributed by atoms with Crippen LogP contribution in [0.1, 0.15) is 27.8 Å². The Labute approximate surface area is 199 Å². The molecule has 0 unspecified atom stereocenters. The van der Waals surface area contributed by atoms with Crippen molar-refractivity contribution in [3.8, 4) is 16.9 Å². The molecule has 0 fully saturated rings. The van der Waals surface area contributed by atoms with Crippen LogP contribution in [0.15, 0.2) is 29.2 Å². The number of phenols is 1. The average molecular weight is 534 g/mol. The van der Waals surface area contributed by atoms with Crippen molar-refractivity contribution in [1.29, 1.82) is 0 Å². The van der Waals surface area contributed by atoms with E-state index in [4.69, 9.17) is 17.3 Å². The highest BCUT2D eigenvalue weighted by atomic mass is 35.5. The molecule has 0 atom stereocenters. The van der Waals surface area contributed by atoms with Crippen LogP contribution < -0.4 is 11.1 Å². The van der Waals surface area contributed by atoms with Crippen molar-refractivity contribution < 1.29 is 46.2 Å². The van der Waals surface area contributed by atoms with Crippen molar-refractivity contribution in [2.24, 2.45) is 5.73 Å². The summed E-state index contributed by atoms with van der Waals surface area (Å²) in [5.74, 6) is -7.66. The summed E-state index contributed by atoms with van der Waals surface area (Å²) < 4.78 is 65.2. The van der Waals surface area contributed by atoms with E-state index in [2.05, 4.69) is 4.98 Å². The number of alkyl halides is 3. The molecule has 0 aliphatic rings. The number of halogens is 4. The first-order valence-electron chi connectivity index (χ1n) is 9.45. The van der Waals surface area contributed by atoms with Gasteiger partial charge < -0.3 is 26.2 Å². The Kier molecular flexibility index (Phi) is 6.48. The van der Waals surface area contributed by atoms with Gasteiger partial charge in [-0.25, -0.2) is 13.2 Å². The van der Waals surface area contributed by atoms with E-state index in [-0.39, 0.29) is 15.9 Å². The molecule has 35 heavy (non-hydrogen) atoms. The molecule has 0 bridgehead atoms. The molecule has 186 valence electrons. The normalized spacial score (nSPS) is 12.0. The van der Waals surface area contributed by atoms with E-state index in [0.717, 1.165) is 0 Å². The Morgan fingerprint density at radius 3 is 2.31 bits per heavy atom. The van der Waals surface area contributed by atoms with Gasteiger partial charge in [0.25, 0.3) is 5.91 Å². The molecule has 2 aromatic carbocycles. The number of anilines is 1. The number of H-pyrrole nitrogens is 1. The first-order chi connectivity index (χ1) is 16.1. The van der Waals surface area contributed by atoms with Crippen molar-refractivity contribution >= 4 is 55.8 Å². The molecule has 3 rings (SSSR count). The predicted octanol–water partition coefficient (Wildman–Crippen LogP) is 3.29. The smallest absolute Gasteiger partial charge is 0.471 e. The second-order valence-electron chi connectivity index (χ2n) is 7.11. The zero-order valence-corrected chi connectivity index (χ0v) is 19.0. The number of benzene rings is 2. The average Bonchev–Trinajstić information content (AvgIpc) is 3.12. The molecule has 6 N–H and O–H groups in total. The second kappa shape index (κ2) is 8.78. The summed E-state index contributed by atoms with van der Waals surface area (Å²) in [5.41, 5.74) is 1.14. The maximum Gasteiger partial charge on any atom is 0.471 e. The largest absolute Gasteiger partial charge is 0.505 e. The van der Waals surface area contributed by atoms with Crippen LogP contribution in [0.4, 0.5) is 18.9 Å². The molecule has 15 heteroatoms. The number of fused-ring (bicyclic) bond motifs is 1. The minimum atomic E-state index is -5.50. The number of carboxylic acid groups (broad SMARTS) is 1. The summed E-state index contributed by atoms with van der Waals surface area (Å²) in [5, 5.41) is 21.7. The fourth-order valence-electron chi connectivity index (χ4n) is 3.38. The van der Waals surface area contributed by atoms with Gasteiger partial charge in [0.1, 0.15) is 5.69 Å². The van der Waals surface area contributed by atoms with E-state index >= 15 is 0 Å². The Hall–Kier alpha value is -3.78. The number of nitrogens with one attached hydrogen (secondary N) is 2. The molecule has 0 spiro atoms. The standard InChI is InChI=1S/C20H15ClF3N3O7S/c1-2-35(33,34)11-6-9(17(25)29)16(28)14(27-19(32)20(22,23)24)13(11)12-8-5-7(21)3-4-10(8)26-15(12)18(30)31/h3-6,26,28H,2H2,1H3,(H2,25,29)(H,27,32)(H,30,31). The van der Waals surface area contributed by atoms with Gasteiger partial charge in [-0.1, -0.05) is 18.5 Å². The van der Waals surface area contributed by atoms with Crippen molar-refractivity contribution in [1.82, 2.24) is 4.98 Å². The SMILES string of the molecule is CCS(=O)(=O)c1cc(C(N)=O)c(O)c(NC(=O)C(F)(F)F)c1-c1c(C(=O)O)[nH]c2ccc(Cl)cc12. The quantitative estimate of drug-likeness (QED) is 0.301. The highest BCUT2D eigenvalue weighted by molar-refractivity contribution is 7.91. The minimum absolute atomic E-state index is 0.0495. The summed E-state index contributed by atoms with van der Waals surface area (Å²) in [6, 6.07) is 4.49. The Morgan fingerprint density at radius 2 is 1.80 bits per heavy atom. The molecule has 10 nitrogen and oxygen atoms in total. The van der Waals surface area contributed by atoms with E-state index < -0.39 is 78.3 Å². The number of aromatic nitrogens is 1. The van der Waals surface area contributed by atoms with Crippen LogP contribution in [0, 0.1) is 0 Å². The fourth-order valence-corrected chi connectivity index (χ4v) is 4.67. The van der Waals surface area contributed by atoms with Crippen LogP contribution in [0.2, 0.25) is 5.02 Å². The first kappa shape index (κ1) is 25.8. The second-order valence-corrected chi connectivity index (χ2v) is 9.79. The number of sulfone groups is 1. The third-order valence-corrected chi connectivity index (χ3v) is 6.95. The molecule has 2 amide bonds. The lowest BCUT2D eigenvalue weighted by Crippen LogP contribution is -2.30. The number of aromatic carboxylic acids is 1. The van der Waals surface area contributed by atoms with Crippen LogP contribution >= 0.6 is 11.6 Å². The van der Waals surface area contributed by atoms with E-state index in [1.54, 1.807) is 0 Å². The van der Waals surface area contributed by atoms with Gasteiger partial charge in [0, 0.05) is 27.1 Å². The van der Waals surface area contributed by atoms with E-state index in [1.165, 1.54) is 30.4 Å². The number of carbonyl (C=O) groups excluding carboxylic acids is 2. The summed E-state index contributed by atoms with van der Waals surface area (Å²) in [4.78, 5) is 37.3. The van der Waals surface area contributed by atoms with Crippen LogP contribution in [0.25, 0.3) is 22.0 Å². The minimum Gasteiger partial charge on any atom is -0.505 e. The van der Waals surface area contributed by atoms with E-state index in [0.29, 0.717) is 6.07 Å². The van der Waals surface area contributed by atoms with E-state index in [1.807, 2.05) is 0 Å². The third kappa shape index (κ3) is 4.61. The van der Waals surface area contributed by atoms with Gasteiger partial charge in [-0.3, -0.25) is 9.59 Å². The van der Waals surface area contributed by atoms with Crippen molar-refractivity contribution in [3.63, 3.8) is 0 Å². The van der Waals surface area contributed by atoms with Gasteiger partial charge in [-0.05, 0) is 24.3 Å². The number of primary amides is 1. The van der Waals surface area contributed by atoms with E-state index in [9.17, 15) is 46.2 Å². The Morgan fingerprint density at radius 1 is 1.17 bits per heavy atom. The summed E-state index contributed by atoms with van der Waals surface area (Å²) >= 11 is 6.00. The summed E-state index contributed by atoms with van der Waals surface area (Å²) in [7, 11) is -4.43. The third-order valence-electron chi connectivity index (χ3n) is 4.96. The molecule has 0 aliphatic carbocycles. The predicted molar refractivity (Wildman–Crippen MR) is 118 cm³/mol. The lowest BCUT2D eigenvalue weighted by atomic mass is 9.96. The molecule has 3 aromatic rings. The number of aromatic amines is 1. The molecule has 0 saturated carbocycles. The number of carboxylic acids is 1. The van der Waals surface area contributed by atoms with Gasteiger partial charge in [0.2, 0.25) is 0 Å². The Bertz CT molecular complexity index is 1510. The van der Waals surface area contributed by atoms with Crippen molar-refractivity contribution in [2.75, 3.05) is 11.1 Å². The highest BCUT2D eigenvalue weighted by Gasteiger charge is 2.41. The maximum absolute atomic E-state index is 13.1. The summed E-state index contributed by atoms with van der Waals surface area (Å²) in [6.07, 6.45) is -5.50. The zero-order valence-electron chi connectivity index (χ0n) is 17.4. The number of nitrogens with two attached hydrogens (primary N) is 1. The highest BCUT2D eigenvalue weighted by Crippen LogP contribution is 2.47. The molecule has 1 heterocycles. The number of hydrogen-bond acceptors (Lipinski definition) is 6. The van der Waals surface area contributed by atoms with Crippen LogP contribution in [0.5, 0.6) is 5.75 Å². The topological polar surface area (TPSA) is 180 Å². The monoisotopic (exact) mass is 533 g/mol. The maximum atomic E-state index is 13.1. The first-order valence-corrected chi connectivity index (χ1v) is 11.5. The molecule has 1 aromatic heterocycles. The van der Waals surface area contributed by atoms with Gasteiger partial charge in [-0.15, -0.1) is 0 Å². The molecule has 0 saturated heterocycles. The van der Waals surface area contributed by atoms with Crippen LogP contribution in [0.3, 0.4) is 0 Å². The lowest BCUT2D eigenvalue weighted by Gasteiger charge is -2.20. The van der Waals surface area contributed by atoms with Gasteiger partial charge in [0.15, 0.2) is 15.6 Å². The summed E-state index contributed by atoms with van der Waals surface area (Å²) in [6.45, 7) is 1.17. The van der Waals surface area contributed by atoms with Crippen LogP contribution in [-0.2, 0) is 14.6 Å². The molecule has 0 radical (unpaired) electrons. The van der Waals surface area contributed by atoms with Crippen molar-refractivity contribution in [3.05, 3.63) is 40.5 Å². The number of hydrogen-bond donors (Lipinski definition) is 5. The number of amides is 2. The van der Waals surface area contributed by atoms with Gasteiger partial charge in [-0.2, -0.15) is 13.2 Å².